The molecule has 39 heavy (non-hydrogen) atoms. The van der Waals surface area contributed by atoms with Gasteiger partial charge in [-0.1, -0.05) is 48.5 Å². The lowest BCUT2D eigenvalue weighted by Crippen LogP contribution is -2.32. The average molecular weight is 530 g/mol. The maximum atomic E-state index is 12.3. The lowest BCUT2D eigenvalue weighted by atomic mass is 10.00. The smallest absolute Gasteiger partial charge is 0.303 e. The molecule has 1 amide bonds. The fraction of sp³-hybridized carbons (Fsp3) is 0.300. The molecule has 0 spiro atoms. The van der Waals surface area contributed by atoms with E-state index >= 15 is 0 Å². The van der Waals surface area contributed by atoms with E-state index in [4.69, 9.17) is 14.6 Å². The lowest BCUT2D eigenvalue weighted by molar-refractivity contribution is -0.252. The van der Waals surface area contributed by atoms with Gasteiger partial charge in [-0.25, -0.2) is 4.98 Å². The van der Waals surface area contributed by atoms with Gasteiger partial charge in [-0.2, -0.15) is 0 Å². The van der Waals surface area contributed by atoms with Crippen molar-refractivity contribution in [2.75, 3.05) is 5.32 Å². The minimum Gasteiger partial charge on any atom is -0.481 e. The molecule has 1 aromatic heterocycles. The summed E-state index contributed by atoms with van der Waals surface area (Å²) in [4.78, 5) is 27.6. The number of rotatable bonds is 10. The number of nitrogens with zero attached hydrogens (tertiary/aromatic N) is 2. The van der Waals surface area contributed by atoms with Crippen LogP contribution in [0.3, 0.4) is 0 Å². The van der Waals surface area contributed by atoms with E-state index in [9.17, 15) is 14.7 Å². The summed E-state index contributed by atoms with van der Waals surface area (Å²) in [7, 11) is 0. The molecule has 1 aliphatic heterocycles. The minimum absolute atomic E-state index is 0.0251. The lowest BCUT2D eigenvalue weighted by Gasteiger charge is -2.36. The number of carbonyl (C=O) groups excluding carboxylic acids is 1. The number of ether oxygens (including phenoxy) is 2. The van der Waals surface area contributed by atoms with E-state index in [0.717, 1.165) is 27.7 Å². The van der Waals surface area contributed by atoms with Crippen LogP contribution in [0.15, 0.2) is 79.1 Å². The molecule has 0 radical (unpaired) electrons. The van der Waals surface area contributed by atoms with Crippen LogP contribution < -0.4 is 5.32 Å². The molecule has 3 atom stereocenters. The van der Waals surface area contributed by atoms with E-state index in [1.54, 1.807) is 6.07 Å². The van der Waals surface area contributed by atoms with Gasteiger partial charge in [-0.05, 0) is 41.8 Å². The zero-order valence-corrected chi connectivity index (χ0v) is 21.4. The highest BCUT2D eigenvalue weighted by Gasteiger charge is 2.32. The monoisotopic (exact) mass is 529 g/mol. The number of aliphatic hydroxyl groups excluding tert-OH is 1. The van der Waals surface area contributed by atoms with Crippen LogP contribution in [0.25, 0.3) is 11.0 Å². The van der Waals surface area contributed by atoms with Gasteiger partial charge in [0.2, 0.25) is 5.91 Å². The topological polar surface area (TPSA) is 123 Å². The van der Waals surface area contributed by atoms with Gasteiger partial charge in [0.15, 0.2) is 6.29 Å². The van der Waals surface area contributed by atoms with Gasteiger partial charge in [0.25, 0.3) is 0 Å². The Balaban J connectivity index is 1.36. The van der Waals surface area contributed by atoms with Gasteiger partial charge >= 0.3 is 5.97 Å². The van der Waals surface area contributed by atoms with Crippen LogP contribution in [0.5, 0.6) is 0 Å². The Morgan fingerprint density at radius 3 is 2.59 bits per heavy atom. The molecule has 202 valence electrons. The summed E-state index contributed by atoms with van der Waals surface area (Å²) in [5.41, 5.74) is 5.12. The Morgan fingerprint density at radius 1 is 0.974 bits per heavy atom. The molecule has 4 aromatic rings. The number of benzene rings is 3. The molecule has 3 N–H and O–H groups in total. The maximum Gasteiger partial charge on any atom is 0.303 e. The first-order valence-corrected chi connectivity index (χ1v) is 13.0. The van der Waals surface area contributed by atoms with Crippen LogP contribution in [-0.2, 0) is 32.2 Å². The summed E-state index contributed by atoms with van der Waals surface area (Å²) in [6, 6.07) is 23.0. The van der Waals surface area contributed by atoms with Crippen LogP contribution in [0.4, 0.5) is 5.69 Å². The normalized spacial score (nSPS) is 19.2. The van der Waals surface area contributed by atoms with Crippen molar-refractivity contribution in [1.82, 2.24) is 9.55 Å². The molecular formula is C30H31N3O6. The van der Waals surface area contributed by atoms with Crippen molar-refractivity contribution in [3.05, 3.63) is 95.8 Å². The number of carboxylic acid groups (broad SMARTS) is 1. The number of aromatic nitrogens is 2. The number of carboxylic acids is 1. The van der Waals surface area contributed by atoms with E-state index in [1.807, 2.05) is 73.1 Å². The largest absolute Gasteiger partial charge is 0.481 e. The summed E-state index contributed by atoms with van der Waals surface area (Å²) < 4.78 is 15.0. The molecule has 3 unspecified atom stereocenters. The van der Waals surface area contributed by atoms with E-state index in [-0.39, 0.29) is 44.0 Å². The molecule has 3 aromatic carbocycles. The summed E-state index contributed by atoms with van der Waals surface area (Å²) in [5, 5.41) is 21.1. The first-order chi connectivity index (χ1) is 19.0. The van der Waals surface area contributed by atoms with Crippen molar-refractivity contribution < 1.29 is 29.3 Å². The third kappa shape index (κ3) is 6.69. The number of para-hydroxylation sites is 2. The van der Waals surface area contributed by atoms with Gasteiger partial charge in [-0.3, -0.25) is 9.59 Å². The molecule has 9 heteroatoms. The van der Waals surface area contributed by atoms with Crippen molar-refractivity contribution in [1.29, 1.82) is 0 Å². The molecular weight excluding hydrogens is 498 g/mol. The van der Waals surface area contributed by atoms with E-state index in [2.05, 4.69) is 14.9 Å². The Bertz CT molecular complexity index is 1430. The van der Waals surface area contributed by atoms with Gasteiger partial charge in [0.1, 0.15) is 0 Å². The number of nitrogens with one attached hydrogen (secondary N) is 1. The molecule has 1 aliphatic rings. The molecule has 0 bridgehead atoms. The number of hydrogen-bond donors (Lipinski definition) is 3. The number of hydrogen-bond acceptors (Lipinski definition) is 6. The summed E-state index contributed by atoms with van der Waals surface area (Å²) >= 11 is 0. The summed E-state index contributed by atoms with van der Waals surface area (Å²) in [6.07, 6.45) is 1.70. The van der Waals surface area contributed by atoms with Gasteiger partial charge in [-0.15, -0.1) is 0 Å². The third-order valence-corrected chi connectivity index (χ3v) is 6.78. The molecule has 1 fully saturated rings. The summed E-state index contributed by atoms with van der Waals surface area (Å²) in [6.45, 7) is 0.564. The Labute approximate surface area is 226 Å². The van der Waals surface area contributed by atoms with Crippen molar-refractivity contribution in [2.24, 2.45) is 0 Å². The van der Waals surface area contributed by atoms with E-state index < -0.39 is 12.3 Å². The van der Waals surface area contributed by atoms with Crippen LogP contribution in [0.1, 0.15) is 54.8 Å². The number of anilines is 1. The van der Waals surface area contributed by atoms with Crippen molar-refractivity contribution in [3.63, 3.8) is 0 Å². The first kappa shape index (κ1) is 26.6. The minimum atomic E-state index is -0.921. The number of aliphatic carboxylic acids is 1. The quantitative estimate of drug-likeness (QED) is 0.265. The summed E-state index contributed by atoms with van der Waals surface area (Å²) in [5.74, 6) is -1.17. The molecule has 0 aliphatic carbocycles. The predicted octanol–water partition coefficient (Wildman–Crippen LogP) is 4.97. The second-order valence-electron chi connectivity index (χ2n) is 9.66. The van der Waals surface area contributed by atoms with Crippen LogP contribution in [-0.4, -0.2) is 37.7 Å². The third-order valence-electron chi connectivity index (χ3n) is 6.78. The van der Waals surface area contributed by atoms with Crippen molar-refractivity contribution in [2.45, 2.75) is 57.3 Å². The van der Waals surface area contributed by atoms with Crippen molar-refractivity contribution in [3.8, 4) is 0 Å². The second-order valence-corrected chi connectivity index (χ2v) is 9.66. The first-order valence-electron chi connectivity index (χ1n) is 13.0. The highest BCUT2D eigenvalue weighted by molar-refractivity contribution is 5.91. The Hall–Kier alpha value is -4.05. The molecule has 0 saturated carbocycles. The zero-order chi connectivity index (χ0) is 27.2. The number of imidazole rings is 1. The SMILES string of the molecule is O=C(O)CCCC(=O)Nc1cccc(C2OC(Cn3cnc4ccccc43)CC(c3ccc(CO)cc3)O2)c1. The standard InChI is InChI=1S/C30H31N3O6/c34-18-20-11-13-21(14-12-20)27-16-24(17-33-19-31-25-7-1-2-8-26(25)33)38-30(39-27)22-5-3-6-23(15-22)32-28(35)9-4-10-29(36)37/h1-3,5-8,11-15,19,24,27,30,34H,4,9-10,16-18H2,(H,32,35)(H,36,37). The van der Waals surface area contributed by atoms with Crippen LogP contribution in [0, 0.1) is 0 Å². The molecule has 2 heterocycles. The fourth-order valence-corrected chi connectivity index (χ4v) is 4.79. The average Bonchev–Trinajstić information content (AvgIpc) is 3.35. The van der Waals surface area contributed by atoms with Gasteiger partial charge < -0.3 is 29.6 Å². The Kier molecular flexibility index (Phi) is 8.31. The highest BCUT2D eigenvalue weighted by atomic mass is 16.7. The van der Waals surface area contributed by atoms with Gasteiger partial charge in [0, 0.05) is 30.5 Å². The second kappa shape index (κ2) is 12.2. The van der Waals surface area contributed by atoms with Gasteiger partial charge in [0.05, 0.1) is 42.7 Å². The van der Waals surface area contributed by atoms with E-state index in [1.165, 1.54) is 0 Å². The number of aliphatic hydroxyl groups is 1. The fourth-order valence-electron chi connectivity index (χ4n) is 4.79. The predicted molar refractivity (Wildman–Crippen MR) is 145 cm³/mol. The molecule has 9 nitrogen and oxygen atoms in total. The molecule has 1 saturated heterocycles. The van der Waals surface area contributed by atoms with Crippen LogP contribution >= 0.6 is 0 Å². The van der Waals surface area contributed by atoms with Crippen molar-refractivity contribution >= 4 is 28.6 Å². The zero-order valence-electron chi connectivity index (χ0n) is 21.4. The van der Waals surface area contributed by atoms with Crippen LogP contribution in [0.2, 0.25) is 0 Å². The highest BCUT2D eigenvalue weighted by Crippen LogP contribution is 2.39. The Morgan fingerprint density at radius 2 is 1.79 bits per heavy atom. The number of carbonyl (C=O) groups is 2. The number of fused-ring (bicyclic) bond motifs is 1. The maximum absolute atomic E-state index is 12.3. The van der Waals surface area contributed by atoms with E-state index in [0.29, 0.717) is 18.7 Å². The molecule has 5 rings (SSSR count). The number of amides is 1.